The lowest BCUT2D eigenvalue weighted by molar-refractivity contribution is 0.00305. The highest BCUT2D eigenvalue weighted by Gasteiger charge is 2.32. The van der Waals surface area contributed by atoms with E-state index < -0.39 is 5.60 Å². The van der Waals surface area contributed by atoms with Crippen LogP contribution in [-0.4, -0.2) is 69.5 Å². The van der Waals surface area contributed by atoms with E-state index in [1.807, 2.05) is 59.7 Å². The summed E-state index contributed by atoms with van der Waals surface area (Å²) < 4.78 is 1.89. The Hall–Kier alpha value is -1.92. The van der Waals surface area contributed by atoms with Crippen LogP contribution in [-0.2, 0) is 0 Å². The van der Waals surface area contributed by atoms with E-state index in [1.165, 1.54) is 0 Å². The van der Waals surface area contributed by atoms with Crippen molar-refractivity contribution >= 4 is 11.6 Å². The van der Waals surface area contributed by atoms with Crippen LogP contribution in [0.1, 0.15) is 35.3 Å². The van der Waals surface area contributed by atoms with Crippen LogP contribution >= 0.6 is 0 Å². The van der Waals surface area contributed by atoms with Crippen molar-refractivity contribution < 1.29 is 9.90 Å². The van der Waals surface area contributed by atoms with Crippen LogP contribution < -0.4 is 0 Å². The van der Waals surface area contributed by atoms with Crippen molar-refractivity contribution in [1.82, 2.24) is 19.2 Å². The highest BCUT2D eigenvalue weighted by molar-refractivity contribution is 5.94. The first-order valence-electron chi connectivity index (χ1n) is 8.48. The summed E-state index contributed by atoms with van der Waals surface area (Å²) in [5, 5.41) is 10.7. The Labute approximate surface area is 142 Å². The quantitative estimate of drug-likeness (QED) is 0.928. The standard InChI is InChI=1S/C18H26N4O2/c1-14-11-22-12-15(5-6-16(22)19-14)17(23)21-9-4-7-18(24,8-10-21)13-20(2)3/h5-6,11-12,24H,4,7-10,13H2,1-3H3/t18-/m1/s1. The van der Waals surface area contributed by atoms with E-state index in [4.69, 9.17) is 0 Å². The molecule has 1 aliphatic heterocycles. The number of aliphatic hydroxyl groups is 1. The fraction of sp³-hybridized carbons (Fsp3) is 0.556. The Morgan fingerprint density at radius 2 is 2.08 bits per heavy atom. The molecule has 0 radical (unpaired) electrons. The molecule has 24 heavy (non-hydrogen) atoms. The average Bonchev–Trinajstić information content (AvgIpc) is 2.77. The molecule has 6 nitrogen and oxygen atoms in total. The second-order valence-corrected chi connectivity index (χ2v) is 7.17. The molecule has 0 saturated carbocycles. The van der Waals surface area contributed by atoms with Crippen molar-refractivity contribution in [2.45, 2.75) is 31.8 Å². The first kappa shape index (κ1) is 16.9. The zero-order valence-corrected chi connectivity index (χ0v) is 14.7. The highest BCUT2D eigenvalue weighted by atomic mass is 16.3. The summed E-state index contributed by atoms with van der Waals surface area (Å²) in [6.07, 6.45) is 5.93. The van der Waals surface area contributed by atoms with E-state index in [2.05, 4.69) is 4.98 Å². The third-order valence-corrected chi connectivity index (χ3v) is 4.63. The van der Waals surface area contributed by atoms with Crippen molar-refractivity contribution in [3.63, 3.8) is 0 Å². The van der Waals surface area contributed by atoms with Gasteiger partial charge in [-0.3, -0.25) is 4.79 Å². The van der Waals surface area contributed by atoms with Gasteiger partial charge in [0.15, 0.2) is 0 Å². The molecule has 6 heteroatoms. The second-order valence-electron chi connectivity index (χ2n) is 7.17. The molecule has 1 atom stereocenters. The van der Waals surface area contributed by atoms with Crippen LogP contribution in [0.2, 0.25) is 0 Å². The lowest BCUT2D eigenvalue weighted by Crippen LogP contribution is -2.41. The van der Waals surface area contributed by atoms with Gasteiger partial charge >= 0.3 is 0 Å². The first-order chi connectivity index (χ1) is 11.4. The van der Waals surface area contributed by atoms with Gasteiger partial charge in [-0.15, -0.1) is 0 Å². The molecule has 0 aliphatic carbocycles. The largest absolute Gasteiger partial charge is 0.388 e. The topological polar surface area (TPSA) is 61.1 Å². The summed E-state index contributed by atoms with van der Waals surface area (Å²) in [7, 11) is 3.93. The lowest BCUT2D eigenvalue weighted by atomic mass is 9.94. The minimum Gasteiger partial charge on any atom is -0.388 e. The second kappa shape index (κ2) is 6.53. The van der Waals surface area contributed by atoms with Crippen LogP contribution in [0, 0.1) is 6.92 Å². The number of pyridine rings is 1. The Morgan fingerprint density at radius 3 is 2.83 bits per heavy atom. The number of hydrogen-bond acceptors (Lipinski definition) is 4. The number of aryl methyl sites for hydroxylation is 1. The van der Waals surface area contributed by atoms with Crippen LogP contribution in [0.4, 0.5) is 0 Å². The number of imidazole rings is 1. The summed E-state index contributed by atoms with van der Waals surface area (Å²) in [4.78, 5) is 21.1. The number of likely N-dealkylation sites (tertiary alicyclic amines) is 1. The number of carbonyl (C=O) groups excluding carboxylic acids is 1. The highest BCUT2D eigenvalue weighted by Crippen LogP contribution is 2.24. The lowest BCUT2D eigenvalue weighted by Gasteiger charge is -2.30. The molecule has 2 aromatic heterocycles. The van der Waals surface area contributed by atoms with Gasteiger partial charge in [-0.25, -0.2) is 4.98 Å². The fourth-order valence-corrected chi connectivity index (χ4v) is 3.56. The predicted molar refractivity (Wildman–Crippen MR) is 93.2 cm³/mol. The van der Waals surface area contributed by atoms with Crippen molar-refractivity contribution in [2.75, 3.05) is 33.7 Å². The minimum absolute atomic E-state index is 0.0253. The summed E-state index contributed by atoms with van der Waals surface area (Å²) in [5.41, 5.74) is 1.74. The SMILES string of the molecule is Cc1cn2cc(C(=O)N3CCC[C@](O)(CN(C)C)CC3)ccc2n1. The molecule has 3 rings (SSSR count). The van der Waals surface area contributed by atoms with Crippen LogP contribution in [0.3, 0.4) is 0 Å². The molecule has 2 aromatic rings. The Balaban J connectivity index is 1.74. The van der Waals surface area contributed by atoms with E-state index in [-0.39, 0.29) is 5.91 Å². The molecule has 1 N–H and O–H groups in total. The third-order valence-electron chi connectivity index (χ3n) is 4.63. The van der Waals surface area contributed by atoms with Gasteiger partial charge < -0.3 is 19.3 Å². The number of fused-ring (bicyclic) bond motifs is 1. The van der Waals surface area contributed by atoms with Crippen molar-refractivity contribution in [1.29, 1.82) is 0 Å². The molecule has 0 spiro atoms. The van der Waals surface area contributed by atoms with Gasteiger partial charge in [-0.2, -0.15) is 0 Å². The Bertz CT molecular complexity index is 740. The number of aromatic nitrogens is 2. The first-order valence-corrected chi connectivity index (χ1v) is 8.48. The number of nitrogens with zero attached hydrogens (tertiary/aromatic N) is 4. The van der Waals surface area contributed by atoms with Gasteiger partial charge in [-0.05, 0) is 52.4 Å². The zero-order valence-electron chi connectivity index (χ0n) is 14.7. The maximum atomic E-state index is 12.8. The van der Waals surface area contributed by atoms with Crippen LogP contribution in [0.25, 0.3) is 5.65 Å². The van der Waals surface area contributed by atoms with E-state index in [1.54, 1.807) is 0 Å². The number of amides is 1. The molecule has 1 saturated heterocycles. The van der Waals surface area contributed by atoms with Crippen molar-refractivity contribution in [2.24, 2.45) is 0 Å². The molecule has 0 aromatic carbocycles. The summed E-state index contributed by atoms with van der Waals surface area (Å²) in [5.74, 6) is 0.0253. The van der Waals surface area contributed by atoms with Gasteiger partial charge in [0.1, 0.15) is 5.65 Å². The van der Waals surface area contributed by atoms with Crippen molar-refractivity contribution in [3.05, 3.63) is 35.8 Å². The maximum Gasteiger partial charge on any atom is 0.255 e. The Kier molecular flexibility index (Phi) is 4.60. The number of hydrogen-bond donors (Lipinski definition) is 1. The van der Waals surface area contributed by atoms with Gasteiger partial charge in [0, 0.05) is 32.0 Å². The predicted octanol–water partition coefficient (Wildman–Crippen LogP) is 1.56. The van der Waals surface area contributed by atoms with Gasteiger partial charge in [0.25, 0.3) is 5.91 Å². The molecule has 0 unspecified atom stereocenters. The van der Waals surface area contributed by atoms with Gasteiger partial charge in [-0.1, -0.05) is 0 Å². The normalized spacial score (nSPS) is 22.1. The molecular weight excluding hydrogens is 304 g/mol. The van der Waals surface area contributed by atoms with Gasteiger partial charge in [0.2, 0.25) is 0 Å². The monoisotopic (exact) mass is 330 g/mol. The molecule has 1 amide bonds. The van der Waals surface area contributed by atoms with E-state index in [9.17, 15) is 9.90 Å². The van der Waals surface area contributed by atoms with Crippen LogP contribution in [0.5, 0.6) is 0 Å². The molecule has 3 heterocycles. The number of likely N-dealkylation sites (N-methyl/N-ethyl adjacent to an activating group) is 1. The summed E-state index contributed by atoms with van der Waals surface area (Å²) >= 11 is 0. The zero-order chi connectivity index (χ0) is 17.3. The van der Waals surface area contributed by atoms with E-state index >= 15 is 0 Å². The molecule has 0 bridgehead atoms. The minimum atomic E-state index is -0.704. The van der Waals surface area contributed by atoms with Crippen LogP contribution in [0.15, 0.2) is 24.5 Å². The number of rotatable bonds is 3. The summed E-state index contributed by atoms with van der Waals surface area (Å²) in [6, 6.07) is 3.71. The maximum absolute atomic E-state index is 12.8. The molecular formula is C18H26N4O2. The van der Waals surface area contributed by atoms with Gasteiger partial charge in [0.05, 0.1) is 16.9 Å². The molecule has 1 fully saturated rings. The van der Waals surface area contributed by atoms with E-state index in [0.717, 1.165) is 24.2 Å². The van der Waals surface area contributed by atoms with E-state index in [0.29, 0.717) is 31.6 Å². The smallest absolute Gasteiger partial charge is 0.255 e. The third kappa shape index (κ3) is 3.60. The van der Waals surface area contributed by atoms with Crippen molar-refractivity contribution in [3.8, 4) is 0 Å². The average molecular weight is 330 g/mol. The Morgan fingerprint density at radius 1 is 1.29 bits per heavy atom. The molecule has 130 valence electrons. The summed E-state index contributed by atoms with van der Waals surface area (Å²) in [6.45, 7) is 3.85. The fourth-order valence-electron chi connectivity index (χ4n) is 3.56. The number of carbonyl (C=O) groups is 1. The molecule has 1 aliphatic rings.